The topological polar surface area (TPSA) is 63.4 Å². The van der Waals surface area contributed by atoms with Gasteiger partial charge in [0.25, 0.3) is 0 Å². The summed E-state index contributed by atoms with van der Waals surface area (Å²) in [5.41, 5.74) is 6.01. The Bertz CT molecular complexity index is 534. The third-order valence-electron chi connectivity index (χ3n) is 3.55. The number of piperidine rings is 1. The molecule has 0 bridgehead atoms. The summed E-state index contributed by atoms with van der Waals surface area (Å²) in [6, 6.07) is 5.22. The van der Waals surface area contributed by atoms with Crippen molar-refractivity contribution in [3.63, 3.8) is 0 Å². The third kappa shape index (κ3) is 3.44. The highest BCUT2D eigenvalue weighted by atomic mass is 35.5. The predicted molar refractivity (Wildman–Crippen MR) is 78.7 cm³/mol. The van der Waals surface area contributed by atoms with Crippen molar-refractivity contribution < 1.29 is 9.59 Å². The number of likely N-dealkylation sites (tertiary alicyclic amines) is 1. The van der Waals surface area contributed by atoms with Gasteiger partial charge in [0.1, 0.15) is 0 Å². The number of amides is 2. The number of nitrogens with zero attached hydrogens (tertiary/aromatic N) is 1. The highest BCUT2D eigenvalue weighted by molar-refractivity contribution is 6.42. The van der Waals surface area contributed by atoms with Crippen LogP contribution in [0.1, 0.15) is 18.4 Å². The number of nitrogens with two attached hydrogens (primary N) is 1. The van der Waals surface area contributed by atoms with Crippen molar-refractivity contribution in [3.8, 4) is 0 Å². The molecule has 2 amide bonds. The summed E-state index contributed by atoms with van der Waals surface area (Å²) in [5, 5.41) is 0.844. The van der Waals surface area contributed by atoms with Crippen LogP contribution < -0.4 is 5.73 Å². The van der Waals surface area contributed by atoms with Crippen molar-refractivity contribution in [2.24, 2.45) is 11.7 Å². The Kier molecular flexibility index (Phi) is 4.89. The monoisotopic (exact) mass is 314 g/mol. The van der Waals surface area contributed by atoms with E-state index in [4.69, 9.17) is 28.9 Å². The molecule has 1 aliphatic rings. The molecule has 1 aromatic rings. The van der Waals surface area contributed by atoms with Gasteiger partial charge in [0.2, 0.25) is 11.8 Å². The molecule has 6 heteroatoms. The molecule has 1 aliphatic heterocycles. The lowest BCUT2D eigenvalue weighted by molar-refractivity contribution is -0.134. The fourth-order valence-electron chi connectivity index (χ4n) is 2.40. The van der Waals surface area contributed by atoms with Gasteiger partial charge in [-0.15, -0.1) is 0 Å². The molecule has 0 aromatic heterocycles. The van der Waals surface area contributed by atoms with Crippen molar-refractivity contribution in [2.75, 3.05) is 13.1 Å². The molecule has 4 nitrogen and oxygen atoms in total. The van der Waals surface area contributed by atoms with Crippen molar-refractivity contribution in [3.05, 3.63) is 33.8 Å². The number of carbonyl (C=O) groups excluding carboxylic acids is 2. The lowest BCUT2D eigenvalue weighted by atomic mass is 9.97. The molecule has 1 atom stereocenters. The standard InChI is InChI=1S/C14H16Cl2N2O2/c15-11-5-1-3-9(13(11)16)7-12(19)18-6-2-4-10(8-18)14(17)20/h1,3,5,10H,2,4,6-8H2,(H2,17,20)/t10-/m0/s1. The van der Waals surface area contributed by atoms with Gasteiger partial charge in [-0.2, -0.15) is 0 Å². The van der Waals surface area contributed by atoms with Gasteiger partial charge < -0.3 is 10.6 Å². The molecule has 0 saturated carbocycles. The van der Waals surface area contributed by atoms with E-state index in [1.54, 1.807) is 23.1 Å². The SMILES string of the molecule is NC(=O)[C@H]1CCCN(C(=O)Cc2cccc(Cl)c2Cl)C1. The number of rotatable bonds is 3. The molecule has 1 aromatic carbocycles. The number of carbonyl (C=O) groups is 2. The van der Waals surface area contributed by atoms with E-state index in [-0.39, 0.29) is 24.2 Å². The Balaban J connectivity index is 2.04. The van der Waals surface area contributed by atoms with Crippen LogP contribution in [0.5, 0.6) is 0 Å². The van der Waals surface area contributed by atoms with E-state index >= 15 is 0 Å². The number of primary amides is 1. The second-order valence-corrected chi connectivity index (χ2v) is 5.76. The highest BCUT2D eigenvalue weighted by Gasteiger charge is 2.27. The fraction of sp³-hybridized carbons (Fsp3) is 0.429. The first-order chi connectivity index (χ1) is 9.49. The number of benzene rings is 1. The summed E-state index contributed by atoms with van der Waals surface area (Å²) in [6.07, 6.45) is 1.73. The van der Waals surface area contributed by atoms with E-state index in [1.165, 1.54) is 0 Å². The Morgan fingerprint density at radius 1 is 1.35 bits per heavy atom. The molecule has 108 valence electrons. The van der Waals surface area contributed by atoms with Crippen molar-refractivity contribution in [2.45, 2.75) is 19.3 Å². The Morgan fingerprint density at radius 2 is 2.10 bits per heavy atom. The van der Waals surface area contributed by atoms with Crippen molar-refractivity contribution >= 4 is 35.0 Å². The van der Waals surface area contributed by atoms with Gasteiger partial charge in [-0.1, -0.05) is 35.3 Å². The van der Waals surface area contributed by atoms with Crippen LogP contribution in [0.2, 0.25) is 10.0 Å². The van der Waals surface area contributed by atoms with E-state index in [0.29, 0.717) is 28.7 Å². The minimum absolute atomic E-state index is 0.0554. The molecule has 1 heterocycles. The van der Waals surface area contributed by atoms with Crippen LogP contribution in [0.15, 0.2) is 18.2 Å². The molecule has 0 radical (unpaired) electrons. The molecular weight excluding hydrogens is 299 g/mol. The van der Waals surface area contributed by atoms with E-state index in [0.717, 1.165) is 12.8 Å². The normalized spacial score (nSPS) is 18.9. The molecule has 0 spiro atoms. The van der Waals surface area contributed by atoms with Crippen molar-refractivity contribution in [1.29, 1.82) is 0 Å². The van der Waals surface area contributed by atoms with Crippen LogP contribution >= 0.6 is 23.2 Å². The Morgan fingerprint density at radius 3 is 2.80 bits per heavy atom. The van der Waals surface area contributed by atoms with E-state index in [9.17, 15) is 9.59 Å². The van der Waals surface area contributed by atoms with Gasteiger partial charge in [0, 0.05) is 13.1 Å². The van der Waals surface area contributed by atoms with Crippen LogP contribution in [0.4, 0.5) is 0 Å². The average Bonchev–Trinajstić information content (AvgIpc) is 2.44. The maximum atomic E-state index is 12.3. The Labute approximate surface area is 127 Å². The highest BCUT2D eigenvalue weighted by Crippen LogP contribution is 2.26. The smallest absolute Gasteiger partial charge is 0.227 e. The maximum Gasteiger partial charge on any atom is 0.227 e. The first kappa shape index (κ1) is 15.1. The first-order valence-electron chi connectivity index (χ1n) is 6.49. The molecule has 1 fully saturated rings. The fourth-order valence-corrected chi connectivity index (χ4v) is 2.78. The summed E-state index contributed by atoms with van der Waals surface area (Å²) in [7, 11) is 0. The van der Waals surface area contributed by atoms with Crippen molar-refractivity contribution in [1.82, 2.24) is 4.90 Å². The number of halogens is 2. The molecule has 0 aliphatic carbocycles. The second kappa shape index (κ2) is 6.46. The van der Waals surface area contributed by atoms with Gasteiger partial charge >= 0.3 is 0 Å². The van der Waals surface area contributed by atoms with Gasteiger partial charge in [-0.05, 0) is 24.5 Å². The summed E-state index contributed by atoms with van der Waals surface area (Å²) in [6.45, 7) is 1.05. The third-order valence-corrected chi connectivity index (χ3v) is 4.41. The number of hydrogen-bond acceptors (Lipinski definition) is 2. The van der Waals surface area contributed by atoms with E-state index < -0.39 is 0 Å². The molecule has 2 N–H and O–H groups in total. The lowest BCUT2D eigenvalue weighted by Crippen LogP contribution is -2.44. The zero-order valence-electron chi connectivity index (χ0n) is 10.9. The van der Waals surface area contributed by atoms with E-state index in [1.807, 2.05) is 0 Å². The zero-order valence-corrected chi connectivity index (χ0v) is 12.5. The van der Waals surface area contributed by atoms with Crippen LogP contribution in [-0.2, 0) is 16.0 Å². The molecule has 20 heavy (non-hydrogen) atoms. The summed E-state index contributed by atoms with van der Waals surface area (Å²) < 4.78 is 0. The Hall–Kier alpha value is -1.26. The van der Waals surface area contributed by atoms with Crippen LogP contribution in [0.3, 0.4) is 0 Å². The molecule has 2 rings (SSSR count). The van der Waals surface area contributed by atoms with E-state index in [2.05, 4.69) is 0 Å². The summed E-state index contributed by atoms with van der Waals surface area (Å²) in [4.78, 5) is 25.2. The summed E-state index contributed by atoms with van der Waals surface area (Å²) in [5.74, 6) is -0.647. The average molecular weight is 315 g/mol. The first-order valence-corrected chi connectivity index (χ1v) is 7.24. The van der Waals surface area contributed by atoms with Gasteiger partial charge in [-0.3, -0.25) is 9.59 Å². The number of hydrogen-bond donors (Lipinski definition) is 1. The minimum atomic E-state index is -0.344. The quantitative estimate of drug-likeness (QED) is 0.930. The lowest BCUT2D eigenvalue weighted by Gasteiger charge is -2.31. The predicted octanol–water partition coefficient (Wildman–Crippen LogP) is 2.26. The zero-order chi connectivity index (χ0) is 14.7. The molecule has 0 unspecified atom stereocenters. The van der Waals surface area contributed by atoms with Gasteiger partial charge in [0.05, 0.1) is 22.4 Å². The second-order valence-electron chi connectivity index (χ2n) is 4.97. The van der Waals surface area contributed by atoms with Crippen LogP contribution in [0, 0.1) is 5.92 Å². The maximum absolute atomic E-state index is 12.3. The minimum Gasteiger partial charge on any atom is -0.369 e. The van der Waals surface area contributed by atoms with Crippen LogP contribution in [-0.4, -0.2) is 29.8 Å². The molecular formula is C14H16Cl2N2O2. The van der Waals surface area contributed by atoms with Gasteiger partial charge in [-0.25, -0.2) is 0 Å². The largest absolute Gasteiger partial charge is 0.369 e. The molecule has 1 saturated heterocycles. The van der Waals surface area contributed by atoms with Gasteiger partial charge in [0.15, 0.2) is 0 Å². The van der Waals surface area contributed by atoms with Crippen LogP contribution in [0.25, 0.3) is 0 Å². The summed E-state index contributed by atoms with van der Waals surface area (Å²) >= 11 is 12.0.